The lowest BCUT2D eigenvalue weighted by Gasteiger charge is -2.07. The standard InChI is InChI=1S/C9H11N2O6P/c12-9-10-8-7(1-3-17-8)5-11(9)2-4-16-6-18(13,14)15/h1,3,5H,2,4,6H2,(H2,13,14,15). The molecule has 0 fully saturated rings. The lowest BCUT2D eigenvalue weighted by molar-refractivity contribution is 0.148. The van der Waals surface area contributed by atoms with Crippen molar-refractivity contribution in [1.82, 2.24) is 9.55 Å². The number of hydrogen-bond donors (Lipinski definition) is 2. The predicted molar refractivity (Wildman–Crippen MR) is 61.1 cm³/mol. The Kier molecular flexibility index (Phi) is 3.63. The van der Waals surface area contributed by atoms with Crippen LogP contribution < -0.4 is 5.69 Å². The van der Waals surface area contributed by atoms with Crippen LogP contribution in [-0.2, 0) is 15.8 Å². The number of furan rings is 1. The first-order chi connectivity index (χ1) is 8.46. The van der Waals surface area contributed by atoms with Crippen LogP contribution in [0.15, 0.2) is 27.7 Å². The second-order valence-corrected chi connectivity index (χ2v) is 5.19. The summed E-state index contributed by atoms with van der Waals surface area (Å²) in [7, 11) is -4.17. The Labute approximate surface area is 101 Å². The minimum atomic E-state index is -4.17. The highest BCUT2D eigenvalue weighted by atomic mass is 31.2. The van der Waals surface area contributed by atoms with E-state index < -0.39 is 19.6 Å². The van der Waals surface area contributed by atoms with E-state index in [1.54, 1.807) is 12.3 Å². The molecule has 0 aromatic carbocycles. The van der Waals surface area contributed by atoms with Crippen LogP contribution in [0.25, 0.3) is 11.1 Å². The van der Waals surface area contributed by atoms with Crippen molar-refractivity contribution >= 4 is 18.7 Å². The summed E-state index contributed by atoms with van der Waals surface area (Å²) in [6, 6.07) is 1.66. The molecule has 0 aliphatic carbocycles. The first kappa shape index (κ1) is 13.0. The largest absolute Gasteiger partial charge is 0.446 e. The van der Waals surface area contributed by atoms with E-state index in [4.69, 9.17) is 18.9 Å². The molecule has 0 atom stereocenters. The van der Waals surface area contributed by atoms with Crippen LogP contribution >= 0.6 is 7.60 Å². The predicted octanol–water partition coefficient (Wildman–Crippen LogP) is 0.141. The zero-order chi connectivity index (χ0) is 13.2. The summed E-state index contributed by atoms with van der Waals surface area (Å²) >= 11 is 0. The van der Waals surface area contributed by atoms with Gasteiger partial charge in [-0.2, -0.15) is 4.98 Å². The van der Waals surface area contributed by atoms with E-state index in [2.05, 4.69) is 4.98 Å². The molecule has 0 aliphatic heterocycles. The van der Waals surface area contributed by atoms with Crippen LogP contribution in [0.4, 0.5) is 0 Å². The Morgan fingerprint density at radius 2 is 2.28 bits per heavy atom. The second-order valence-electron chi connectivity index (χ2n) is 3.60. The second kappa shape index (κ2) is 5.03. The number of rotatable bonds is 5. The number of hydrogen-bond acceptors (Lipinski definition) is 5. The summed E-state index contributed by atoms with van der Waals surface area (Å²) < 4.78 is 21.6. The van der Waals surface area contributed by atoms with Crippen molar-refractivity contribution in [3.8, 4) is 0 Å². The molecule has 0 radical (unpaired) electrons. The van der Waals surface area contributed by atoms with Gasteiger partial charge in [-0.25, -0.2) is 4.79 Å². The Balaban J connectivity index is 2.01. The molecule has 9 heteroatoms. The number of nitrogens with zero attached hydrogens (tertiary/aromatic N) is 2. The molecule has 8 nitrogen and oxygen atoms in total. The van der Waals surface area contributed by atoms with Gasteiger partial charge < -0.3 is 18.9 Å². The zero-order valence-corrected chi connectivity index (χ0v) is 10.1. The minimum absolute atomic E-state index is 0.00997. The monoisotopic (exact) mass is 274 g/mol. The van der Waals surface area contributed by atoms with Crippen LogP contribution in [0.1, 0.15) is 0 Å². The SMILES string of the molecule is O=c1nc2occc2cn1CCOCP(=O)(O)O. The van der Waals surface area contributed by atoms with Crippen molar-refractivity contribution < 1.29 is 23.5 Å². The lowest BCUT2D eigenvalue weighted by Crippen LogP contribution is -2.24. The van der Waals surface area contributed by atoms with E-state index in [0.29, 0.717) is 5.39 Å². The van der Waals surface area contributed by atoms with Gasteiger partial charge in [-0.3, -0.25) is 9.13 Å². The van der Waals surface area contributed by atoms with Crippen molar-refractivity contribution in [1.29, 1.82) is 0 Å². The molecule has 0 amide bonds. The summed E-state index contributed by atoms with van der Waals surface area (Å²) in [5.41, 5.74) is -0.246. The average molecular weight is 274 g/mol. The van der Waals surface area contributed by atoms with Gasteiger partial charge in [0.25, 0.3) is 0 Å². The third kappa shape index (κ3) is 3.27. The summed E-state index contributed by atoms with van der Waals surface area (Å²) in [4.78, 5) is 32.4. The molecule has 0 spiro atoms. The van der Waals surface area contributed by atoms with Crippen LogP contribution in [0.2, 0.25) is 0 Å². The third-order valence-electron chi connectivity index (χ3n) is 2.15. The first-order valence-electron chi connectivity index (χ1n) is 5.03. The fourth-order valence-corrected chi connectivity index (χ4v) is 1.75. The molecule has 0 saturated carbocycles. The molecule has 18 heavy (non-hydrogen) atoms. The lowest BCUT2D eigenvalue weighted by atomic mass is 10.4. The molecule has 98 valence electrons. The topological polar surface area (TPSA) is 115 Å². The van der Waals surface area contributed by atoms with Crippen LogP contribution in [0.3, 0.4) is 0 Å². The molecule has 2 N–H and O–H groups in total. The molecule has 2 aromatic heterocycles. The summed E-state index contributed by atoms with van der Waals surface area (Å²) in [5.74, 6) is 0. The Bertz CT molecular complexity index is 642. The number of aromatic nitrogens is 2. The van der Waals surface area contributed by atoms with Crippen LogP contribution in [-0.4, -0.2) is 32.3 Å². The summed E-state index contributed by atoms with van der Waals surface area (Å²) in [6.07, 6.45) is 2.31. The van der Waals surface area contributed by atoms with Gasteiger partial charge in [-0.15, -0.1) is 0 Å². The van der Waals surface area contributed by atoms with Gasteiger partial charge >= 0.3 is 13.3 Å². The van der Waals surface area contributed by atoms with Gasteiger partial charge in [0.15, 0.2) is 0 Å². The van der Waals surface area contributed by atoms with E-state index in [0.717, 1.165) is 0 Å². The summed E-state index contributed by atoms with van der Waals surface area (Å²) in [5, 5.41) is 0.671. The third-order valence-corrected chi connectivity index (χ3v) is 2.67. The van der Waals surface area contributed by atoms with Gasteiger partial charge in [-0.05, 0) is 6.07 Å². The number of fused-ring (bicyclic) bond motifs is 1. The van der Waals surface area contributed by atoms with E-state index in [1.807, 2.05) is 0 Å². The minimum Gasteiger partial charge on any atom is -0.446 e. The molecular weight excluding hydrogens is 263 g/mol. The molecule has 2 heterocycles. The maximum atomic E-state index is 11.5. The van der Waals surface area contributed by atoms with Gasteiger partial charge in [-0.1, -0.05) is 0 Å². The highest BCUT2D eigenvalue weighted by Gasteiger charge is 2.12. The van der Waals surface area contributed by atoms with Crippen molar-refractivity contribution in [2.75, 3.05) is 13.0 Å². The average Bonchev–Trinajstić information content (AvgIpc) is 2.70. The fourth-order valence-electron chi connectivity index (χ4n) is 1.38. The van der Waals surface area contributed by atoms with Gasteiger partial charge in [0.05, 0.1) is 24.8 Å². The quantitative estimate of drug-likeness (QED) is 0.588. The maximum absolute atomic E-state index is 11.5. The normalized spacial score (nSPS) is 12.1. The Hall–Kier alpha value is -1.47. The van der Waals surface area contributed by atoms with Crippen LogP contribution in [0, 0.1) is 0 Å². The molecule has 0 bridgehead atoms. The summed E-state index contributed by atoms with van der Waals surface area (Å²) in [6.45, 7) is 0.170. The highest BCUT2D eigenvalue weighted by molar-refractivity contribution is 7.51. The molecule has 0 unspecified atom stereocenters. The zero-order valence-electron chi connectivity index (χ0n) is 9.22. The number of ether oxygens (including phenoxy) is 1. The van der Waals surface area contributed by atoms with Crippen molar-refractivity contribution in [2.45, 2.75) is 6.54 Å². The Morgan fingerprint density at radius 1 is 1.50 bits per heavy atom. The van der Waals surface area contributed by atoms with Crippen molar-refractivity contribution in [3.05, 3.63) is 29.0 Å². The Morgan fingerprint density at radius 3 is 3.00 bits per heavy atom. The van der Waals surface area contributed by atoms with Crippen molar-refractivity contribution in [2.24, 2.45) is 0 Å². The van der Waals surface area contributed by atoms with Gasteiger partial charge in [0, 0.05) is 6.20 Å². The fraction of sp³-hybridized carbons (Fsp3) is 0.333. The van der Waals surface area contributed by atoms with Gasteiger partial charge in [0.2, 0.25) is 5.71 Å². The molecule has 2 aromatic rings. The molecule has 0 saturated heterocycles. The van der Waals surface area contributed by atoms with E-state index in [-0.39, 0.29) is 18.9 Å². The smallest absolute Gasteiger partial charge is 0.350 e. The van der Waals surface area contributed by atoms with E-state index >= 15 is 0 Å². The van der Waals surface area contributed by atoms with Gasteiger partial charge in [0.1, 0.15) is 6.35 Å². The van der Waals surface area contributed by atoms with E-state index in [1.165, 1.54) is 10.8 Å². The molecule has 2 rings (SSSR count). The molecular formula is C9H11N2O6P. The first-order valence-corrected chi connectivity index (χ1v) is 6.82. The van der Waals surface area contributed by atoms with Crippen molar-refractivity contribution in [3.63, 3.8) is 0 Å². The maximum Gasteiger partial charge on any atom is 0.350 e. The van der Waals surface area contributed by atoms with E-state index in [9.17, 15) is 9.36 Å². The highest BCUT2D eigenvalue weighted by Crippen LogP contribution is 2.33. The molecule has 0 aliphatic rings. The van der Waals surface area contributed by atoms with Crippen LogP contribution in [0.5, 0.6) is 0 Å².